The number of amides is 4. The van der Waals surface area contributed by atoms with Crippen LogP contribution in [0.25, 0.3) is 17.0 Å². The van der Waals surface area contributed by atoms with Crippen LogP contribution in [0.4, 0.5) is 10.5 Å². The number of urea groups is 1. The number of para-hydroxylation sites is 1. The number of nitro groups is 1. The fraction of sp³-hybridized carbons (Fsp3) is 0.269. The third kappa shape index (κ3) is 4.32. The molecule has 0 bridgehead atoms. The number of imide groups is 2. The van der Waals surface area contributed by atoms with E-state index in [-0.39, 0.29) is 17.3 Å². The summed E-state index contributed by atoms with van der Waals surface area (Å²) in [6.07, 6.45) is 7.79. The molecular weight excluding hydrogens is 448 g/mol. The van der Waals surface area contributed by atoms with Gasteiger partial charge in [-0.2, -0.15) is 0 Å². The predicted molar refractivity (Wildman–Crippen MR) is 129 cm³/mol. The van der Waals surface area contributed by atoms with Crippen LogP contribution >= 0.6 is 0 Å². The van der Waals surface area contributed by atoms with E-state index in [0.29, 0.717) is 12.1 Å². The number of benzene rings is 2. The number of carbonyl (C=O) groups excluding carboxylic acids is 3. The Balaban J connectivity index is 1.52. The summed E-state index contributed by atoms with van der Waals surface area (Å²) in [5, 5.41) is 14.3. The Bertz CT molecular complexity index is 1380. The molecule has 1 saturated carbocycles. The van der Waals surface area contributed by atoms with Gasteiger partial charge in [0.15, 0.2) is 0 Å². The van der Waals surface area contributed by atoms with Crippen LogP contribution in [0.3, 0.4) is 0 Å². The summed E-state index contributed by atoms with van der Waals surface area (Å²) in [5.41, 5.74) is 2.20. The van der Waals surface area contributed by atoms with Crippen LogP contribution < -0.4 is 5.32 Å². The molecule has 35 heavy (non-hydrogen) atoms. The van der Waals surface area contributed by atoms with Crippen LogP contribution in [-0.2, 0) is 16.1 Å². The van der Waals surface area contributed by atoms with E-state index in [1.165, 1.54) is 23.1 Å². The van der Waals surface area contributed by atoms with Crippen molar-refractivity contribution in [3.63, 3.8) is 0 Å². The highest BCUT2D eigenvalue weighted by Gasteiger charge is 2.40. The Hall–Kier alpha value is -4.27. The molecule has 9 heteroatoms. The smallest absolute Gasteiger partial charge is 0.331 e. The molecule has 4 amide bonds. The molecule has 2 aliphatic rings. The summed E-state index contributed by atoms with van der Waals surface area (Å²) in [7, 11) is 0. The van der Waals surface area contributed by atoms with Gasteiger partial charge in [-0.1, -0.05) is 49.6 Å². The lowest BCUT2D eigenvalue weighted by Crippen LogP contribution is -2.58. The molecule has 1 saturated heterocycles. The number of rotatable bonds is 5. The zero-order chi connectivity index (χ0) is 24.5. The van der Waals surface area contributed by atoms with Gasteiger partial charge < -0.3 is 4.57 Å². The molecule has 0 spiro atoms. The van der Waals surface area contributed by atoms with Crippen molar-refractivity contribution in [2.24, 2.45) is 0 Å². The minimum Gasteiger partial charge on any atom is -0.342 e. The van der Waals surface area contributed by atoms with Crippen LogP contribution in [0, 0.1) is 10.1 Å². The molecule has 1 N–H and O–H groups in total. The molecule has 1 aliphatic carbocycles. The molecular formula is C26H24N4O5. The van der Waals surface area contributed by atoms with Gasteiger partial charge in [0.1, 0.15) is 5.57 Å². The van der Waals surface area contributed by atoms with Gasteiger partial charge in [-0.3, -0.25) is 29.9 Å². The van der Waals surface area contributed by atoms with Crippen molar-refractivity contribution < 1.29 is 19.3 Å². The number of nitrogens with one attached hydrogen (secondary N) is 1. The van der Waals surface area contributed by atoms with Crippen molar-refractivity contribution in [3.05, 3.63) is 81.5 Å². The fourth-order valence-electron chi connectivity index (χ4n) is 4.98. The molecule has 2 heterocycles. The largest absolute Gasteiger partial charge is 0.342 e. The zero-order valence-electron chi connectivity index (χ0n) is 19.0. The highest BCUT2D eigenvalue weighted by Crippen LogP contribution is 2.29. The first-order valence-electron chi connectivity index (χ1n) is 11.6. The van der Waals surface area contributed by atoms with Crippen LogP contribution in [0.15, 0.2) is 60.3 Å². The summed E-state index contributed by atoms with van der Waals surface area (Å²) in [6, 6.07) is 13.1. The Kier molecular flexibility index (Phi) is 5.90. The lowest BCUT2D eigenvalue weighted by molar-refractivity contribution is -0.384. The number of non-ortho nitro benzene ring substituents is 1. The first-order chi connectivity index (χ1) is 16.9. The minimum atomic E-state index is -0.706. The van der Waals surface area contributed by atoms with E-state index in [2.05, 4.69) is 5.32 Å². The zero-order valence-corrected chi connectivity index (χ0v) is 19.0. The monoisotopic (exact) mass is 472 g/mol. The lowest BCUT2D eigenvalue weighted by Gasteiger charge is -2.35. The number of barbiturate groups is 1. The van der Waals surface area contributed by atoms with Crippen molar-refractivity contribution in [2.45, 2.75) is 44.7 Å². The second-order valence-electron chi connectivity index (χ2n) is 8.94. The average molecular weight is 473 g/mol. The number of aromatic nitrogens is 1. The van der Waals surface area contributed by atoms with Gasteiger partial charge >= 0.3 is 6.03 Å². The van der Waals surface area contributed by atoms with Crippen molar-refractivity contribution in [1.29, 1.82) is 0 Å². The van der Waals surface area contributed by atoms with Crippen LogP contribution in [0.5, 0.6) is 0 Å². The first kappa shape index (κ1) is 22.5. The average Bonchev–Trinajstić information content (AvgIpc) is 3.19. The third-order valence-corrected chi connectivity index (χ3v) is 6.67. The standard InChI is InChI=1S/C26H24N4O5/c31-24-22(25(32)29(26(33)27-24)19-8-2-1-3-9-19)14-18-16-28(23-12-5-4-11-21(18)23)15-17-7-6-10-20(13-17)30(34)35/h4-7,10-14,16,19H,1-3,8-9,15H2,(H,27,31,33). The van der Waals surface area contributed by atoms with Crippen LogP contribution in [0.1, 0.15) is 43.2 Å². The number of carbonyl (C=O) groups is 3. The SMILES string of the molecule is O=C1NC(=O)N(C2CCCCC2)C(=O)C1=Cc1cn(Cc2cccc([N+](=O)[O-])c2)c2ccccc12. The third-order valence-electron chi connectivity index (χ3n) is 6.67. The molecule has 1 aromatic heterocycles. The minimum absolute atomic E-state index is 0.0123. The maximum absolute atomic E-state index is 13.3. The lowest BCUT2D eigenvalue weighted by atomic mass is 9.93. The van der Waals surface area contributed by atoms with E-state index in [1.54, 1.807) is 6.07 Å². The number of hydrogen-bond acceptors (Lipinski definition) is 5. The highest BCUT2D eigenvalue weighted by atomic mass is 16.6. The topological polar surface area (TPSA) is 115 Å². The molecule has 178 valence electrons. The highest BCUT2D eigenvalue weighted by molar-refractivity contribution is 6.31. The van der Waals surface area contributed by atoms with Crippen molar-refractivity contribution >= 4 is 40.5 Å². The number of fused-ring (bicyclic) bond motifs is 1. The van der Waals surface area contributed by atoms with Gasteiger partial charge in [-0.25, -0.2) is 4.79 Å². The van der Waals surface area contributed by atoms with E-state index in [0.717, 1.165) is 48.6 Å². The Morgan fingerprint density at radius 2 is 1.80 bits per heavy atom. The summed E-state index contributed by atoms with van der Waals surface area (Å²) < 4.78 is 1.93. The van der Waals surface area contributed by atoms with Crippen LogP contribution in [0.2, 0.25) is 0 Å². The Morgan fingerprint density at radius 3 is 2.57 bits per heavy atom. The molecule has 3 aromatic rings. The summed E-state index contributed by atoms with van der Waals surface area (Å²) >= 11 is 0. The van der Waals surface area contributed by atoms with Gasteiger partial charge in [0.2, 0.25) is 0 Å². The Morgan fingerprint density at radius 1 is 1.03 bits per heavy atom. The quantitative estimate of drug-likeness (QED) is 0.256. The first-order valence-corrected chi connectivity index (χ1v) is 11.6. The van der Waals surface area contributed by atoms with Crippen molar-refractivity contribution in [3.8, 4) is 0 Å². The van der Waals surface area contributed by atoms with Gasteiger partial charge in [0.05, 0.1) is 4.92 Å². The summed E-state index contributed by atoms with van der Waals surface area (Å²) in [5.74, 6) is -1.27. The molecule has 2 fully saturated rings. The van der Waals surface area contributed by atoms with Gasteiger partial charge in [0, 0.05) is 47.4 Å². The van der Waals surface area contributed by atoms with Gasteiger partial charge in [-0.15, -0.1) is 0 Å². The predicted octanol–water partition coefficient (Wildman–Crippen LogP) is 4.39. The summed E-state index contributed by atoms with van der Waals surface area (Å²) in [4.78, 5) is 50.4. The fourth-order valence-corrected chi connectivity index (χ4v) is 4.98. The van der Waals surface area contributed by atoms with E-state index >= 15 is 0 Å². The van der Waals surface area contributed by atoms with Crippen molar-refractivity contribution in [2.75, 3.05) is 0 Å². The summed E-state index contributed by atoms with van der Waals surface area (Å²) in [6.45, 7) is 0.373. The second kappa shape index (κ2) is 9.17. The van der Waals surface area contributed by atoms with E-state index in [9.17, 15) is 24.5 Å². The van der Waals surface area contributed by atoms with Gasteiger partial charge in [0.25, 0.3) is 17.5 Å². The van der Waals surface area contributed by atoms with E-state index in [1.807, 2.05) is 41.1 Å². The maximum Gasteiger partial charge on any atom is 0.331 e. The van der Waals surface area contributed by atoms with E-state index < -0.39 is 22.8 Å². The molecule has 9 nitrogen and oxygen atoms in total. The number of nitro benzene ring substituents is 1. The molecule has 2 aromatic carbocycles. The van der Waals surface area contributed by atoms with Crippen molar-refractivity contribution in [1.82, 2.24) is 14.8 Å². The number of hydrogen-bond donors (Lipinski definition) is 1. The molecule has 0 atom stereocenters. The number of nitrogens with zero attached hydrogens (tertiary/aromatic N) is 3. The molecule has 5 rings (SSSR count). The normalized spacial score (nSPS) is 18.3. The molecule has 1 aliphatic heterocycles. The van der Waals surface area contributed by atoms with Gasteiger partial charge in [-0.05, 0) is 30.5 Å². The molecule has 0 radical (unpaired) electrons. The molecule has 0 unspecified atom stereocenters. The second-order valence-corrected chi connectivity index (χ2v) is 8.94. The Labute approximate surface area is 201 Å². The van der Waals surface area contributed by atoms with Crippen LogP contribution in [-0.4, -0.2) is 38.3 Å². The maximum atomic E-state index is 13.3. The van der Waals surface area contributed by atoms with E-state index in [4.69, 9.17) is 0 Å².